The number of carbonyl (C=O) groups excluding carboxylic acids is 1. The van der Waals surface area contributed by atoms with Crippen LogP contribution in [0.25, 0.3) is 0 Å². The molecule has 0 saturated carbocycles. The summed E-state index contributed by atoms with van der Waals surface area (Å²) in [6.07, 6.45) is 1.53. The molecule has 0 bridgehead atoms. The van der Waals surface area contributed by atoms with Crippen molar-refractivity contribution in [1.82, 2.24) is 4.41 Å². The third kappa shape index (κ3) is 4.89. The standard InChI is InChI=1S/C27H28N2O4S/c1-3-4-18-33-26(30)19-25-23-12-8-9-13-24(23)27(21-10-6-5-7-11-21)28-29(25)34(31,32)22-16-14-20(2)15-17-22/h5-17,25H,3-4,18-19H2,1-2H3. The lowest BCUT2D eigenvalue weighted by Crippen LogP contribution is -2.37. The number of unbranched alkanes of at least 4 members (excludes halogenated alkanes) is 1. The van der Waals surface area contributed by atoms with Crippen LogP contribution in [0, 0.1) is 6.92 Å². The fraction of sp³-hybridized carbons (Fsp3) is 0.259. The van der Waals surface area contributed by atoms with E-state index in [4.69, 9.17) is 4.74 Å². The second-order valence-electron chi connectivity index (χ2n) is 8.29. The monoisotopic (exact) mass is 476 g/mol. The minimum atomic E-state index is -4.04. The van der Waals surface area contributed by atoms with Crippen molar-refractivity contribution in [3.05, 3.63) is 101 Å². The lowest BCUT2D eigenvalue weighted by atomic mass is 9.91. The van der Waals surface area contributed by atoms with Crippen LogP contribution in [0.2, 0.25) is 0 Å². The molecule has 1 heterocycles. The molecule has 0 aromatic heterocycles. The van der Waals surface area contributed by atoms with Gasteiger partial charge in [-0.2, -0.15) is 17.9 Å². The Bertz CT molecular complexity index is 1290. The Kier molecular flexibility index (Phi) is 7.12. The second-order valence-corrected chi connectivity index (χ2v) is 10.1. The smallest absolute Gasteiger partial charge is 0.308 e. The highest BCUT2D eigenvalue weighted by molar-refractivity contribution is 7.89. The van der Waals surface area contributed by atoms with Gasteiger partial charge in [-0.05, 0) is 31.0 Å². The van der Waals surface area contributed by atoms with Crippen LogP contribution in [0.15, 0.2) is 88.9 Å². The van der Waals surface area contributed by atoms with Crippen molar-refractivity contribution in [2.75, 3.05) is 6.61 Å². The number of carbonyl (C=O) groups is 1. The van der Waals surface area contributed by atoms with Gasteiger partial charge in [-0.15, -0.1) is 0 Å². The van der Waals surface area contributed by atoms with Gasteiger partial charge in [0.05, 0.1) is 23.6 Å². The van der Waals surface area contributed by atoms with Crippen LogP contribution in [-0.2, 0) is 19.6 Å². The van der Waals surface area contributed by atoms with E-state index in [2.05, 4.69) is 5.10 Å². The van der Waals surface area contributed by atoms with Gasteiger partial charge in [0, 0.05) is 11.1 Å². The molecule has 3 aromatic rings. The van der Waals surface area contributed by atoms with Crippen LogP contribution in [0.5, 0.6) is 0 Å². The molecule has 0 radical (unpaired) electrons. The first-order valence-electron chi connectivity index (χ1n) is 11.4. The molecule has 0 amide bonds. The number of hydrogen-bond acceptors (Lipinski definition) is 5. The highest BCUT2D eigenvalue weighted by Gasteiger charge is 2.38. The highest BCUT2D eigenvalue weighted by Crippen LogP contribution is 2.38. The first kappa shape index (κ1) is 23.7. The Morgan fingerprint density at radius 1 is 0.971 bits per heavy atom. The summed E-state index contributed by atoms with van der Waals surface area (Å²) in [4.78, 5) is 12.8. The fourth-order valence-corrected chi connectivity index (χ4v) is 5.34. The molecule has 34 heavy (non-hydrogen) atoms. The molecule has 1 aliphatic rings. The van der Waals surface area contributed by atoms with Crippen LogP contribution < -0.4 is 0 Å². The molecular formula is C27H28N2O4S. The fourth-order valence-electron chi connectivity index (χ4n) is 3.93. The summed E-state index contributed by atoms with van der Waals surface area (Å²) < 4.78 is 34.1. The summed E-state index contributed by atoms with van der Waals surface area (Å²) in [6.45, 7) is 4.22. The predicted molar refractivity (Wildman–Crippen MR) is 132 cm³/mol. The Labute approximate surface area is 200 Å². The number of esters is 1. The van der Waals surface area contributed by atoms with E-state index < -0.39 is 22.0 Å². The van der Waals surface area contributed by atoms with Crippen molar-refractivity contribution >= 4 is 21.7 Å². The van der Waals surface area contributed by atoms with Crippen LogP contribution in [0.3, 0.4) is 0 Å². The normalized spacial score (nSPS) is 15.4. The van der Waals surface area contributed by atoms with Gasteiger partial charge in [-0.3, -0.25) is 4.79 Å². The van der Waals surface area contributed by atoms with Crippen LogP contribution in [-0.4, -0.2) is 31.1 Å². The molecule has 0 N–H and O–H groups in total. The lowest BCUT2D eigenvalue weighted by Gasteiger charge is -2.34. The molecule has 0 saturated heterocycles. The Morgan fingerprint density at radius 2 is 1.65 bits per heavy atom. The zero-order chi connectivity index (χ0) is 24.1. The van der Waals surface area contributed by atoms with Crippen molar-refractivity contribution in [1.29, 1.82) is 0 Å². The Hall–Kier alpha value is -3.45. The molecule has 4 rings (SSSR count). The topological polar surface area (TPSA) is 76.0 Å². The number of sulfonamides is 1. The summed E-state index contributed by atoms with van der Waals surface area (Å²) in [7, 11) is -4.04. The Morgan fingerprint density at radius 3 is 2.35 bits per heavy atom. The van der Waals surface area contributed by atoms with Gasteiger partial charge in [0.25, 0.3) is 10.0 Å². The molecule has 1 aliphatic heterocycles. The minimum absolute atomic E-state index is 0.123. The van der Waals surface area contributed by atoms with Gasteiger partial charge < -0.3 is 4.74 Å². The van der Waals surface area contributed by atoms with Gasteiger partial charge >= 0.3 is 5.97 Å². The second kappa shape index (κ2) is 10.2. The largest absolute Gasteiger partial charge is 0.466 e. The molecule has 3 aromatic carbocycles. The van der Waals surface area contributed by atoms with Crippen LogP contribution in [0.4, 0.5) is 0 Å². The number of benzene rings is 3. The number of nitrogens with zero attached hydrogens (tertiary/aromatic N) is 2. The van der Waals surface area contributed by atoms with Crippen molar-refractivity contribution in [2.24, 2.45) is 5.10 Å². The SMILES string of the molecule is CCCCOC(=O)CC1c2ccccc2C(c2ccccc2)=NN1S(=O)(=O)c1ccc(C)cc1. The van der Waals surface area contributed by atoms with Gasteiger partial charge in [0.1, 0.15) is 6.04 Å². The van der Waals surface area contributed by atoms with Gasteiger partial charge in [0.15, 0.2) is 0 Å². The van der Waals surface area contributed by atoms with Crippen molar-refractivity contribution in [3.63, 3.8) is 0 Å². The summed E-state index contributed by atoms with van der Waals surface area (Å²) in [6, 6.07) is 22.8. The average Bonchev–Trinajstić information content (AvgIpc) is 2.85. The Balaban J connectivity index is 1.83. The predicted octanol–water partition coefficient (Wildman–Crippen LogP) is 5.23. The van der Waals surface area contributed by atoms with E-state index in [0.717, 1.165) is 39.5 Å². The number of aryl methyl sites for hydroxylation is 1. The minimum Gasteiger partial charge on any atom is -0.466 e. The zero-order valence-corrected chi connectivity index (χ0v) is 20.2. The highest BCUT2D eigenvalue weighted by atomic mass is 32.2. The van der Waals surface area contributed by atoms with E-state index in [1.165, 1.54) is 0 Å². The molecule has 0 aliphatic carbocycles. The van der Waals surface area contributed by atoms with E-state index in [1.807, 2.05) is 68.4 Å². The maximum absolute atomic E-state index is 13.8. The molecular weight excluding hydrogens is 448 g/mol. The van der Waals surface area contributed by atoms with Gasteiger partial charge in [-0.25, -0.2) is 0 Å². The number of hydrogen-bond donors (Lipinski definition) is 0. The van der Waals surface area contributed by atoms with Gasteiger partial charge in [0.2, 0.25) is 0 Å². The molecule has 0 fully saturated rings. The van der Waals surface area contributed by atoms with Crippen LogP contribution >= 0.6 is 0 Å². The first-order valence-corrected chi connectivity index (χ1v) is 12.9. The quantitative estimate of drug-likeness (QED) is 0.330. The van der Waals surface area contributed by atoms with Crippen molar-refractivity contribution in [2.45, 2.75) is 44.0 Å². The van der Waals surface area contributed by atoms with E-state index in [9.17, 15) is 13.2 Å². The summed E-state index contributed by atoms with van der Waals surface area (Å²) >= 11 is 0. The summed E-state index contributed by atoms with van der Waals surface area (Å²) in [5.74, 6) is -0.448. The first-order chi connectivity index (χ1) is 16.4. The zero-order valence-electron chi connectivity index (χ0n) is 19.3. The maximum atomic E-state index is 13.8. The third-order valence-electron chi connectivity index (χ3n) is 5.77. The van der Waals surface area contributed by atoms with E-state index in [0.29, 0.717) is 12.3 Å². The molecule has 6 nitrogen and oxygen atoms in total. The lowest BCUT2D eigenvalue weighted by molar-refractivity contribution is -0.144. The molecule has 1 unspecified atom stereocenters. The van der Waals surface area contributed by atoms with Gasteiger partial charge in [-0.1, -0.05) is 85.6 Å². The van der Waals surface area contributed by atoms with Crippen LogP contribution in [0.1, 0.15) is 54.5 Å². The van der Waals surface area contributed by atoms with Crippen molar-refractivity contribution in [3.8, 4) is 0 Å². The van der Waals surface area contributed by atoms with E-state index >= 15 is 0 Å². The number of fused-ring (bicyclic) bond motifs is 1. The molecule has 176 valence electrons. The summed E-state index contributed by atoms with van der Waals surface area (Å²) in [5.41, 5.74) is 3.81. The molecule has 1 atom stereocenters. The maximum Gasteiger partial charge on any atom is 0.308 e. The number of ether oxygens (including phenoxy) is 1. The van der Waals surface area contributed by atoms with E-state index in [1.54, 1.807) is 24.3 Å². The third-order valence-corrected chi connectivity index (χ3v) is 7.47. The van der Waals surface area contributed by atoms with E-state index in [-0.39, 0.29) is 11.3 Å². The summed E-state index contributed by atoms with van der Waals surface area (Å²) in [5, 5.41) is 4.65. The van der Waals surface area contributed by atoms with Crippen molar-refractivity contribution < 1.29 is 17.9 Å². The molecule has 0 spiro atoms. The number of hydrazone groups is 1. The number of rotatable bonds is 8. The molecule has 7 heteroatoms. The average molecular weight is 477 g/mol.